The largest absolute Gasteiger partial charge is 0.487 e. The number of aryl methyl sites for hydroxylation is 2. The van der Waals surface area contributed by atoms with Crippen molar-refractivity contribution in [2.24, 2.45) is 0 Å². The van der Waals surface area contributed by atoms with Crippen LogP contribution in [0.1, 0.15) is 32.3 Å². The van der Waals surface area contributed by atoms with Crippen LogP contribution in [0, 0.1) is 32.1 Å². The summed E-state index contributed by atoms with van der Waals surface area (Å²) < 4.78 is 5.86. The molecule has 0 saturated heterocycles. The third-order valence-electron chi connectivity index (χ3n) is 4.11. The first-order valence-electron chi connectivity index (χ1n) is 8.60. The molecule has 2 aromatic heterocycles. The zero-order valence-corrected chi connectivity index (χ0v) is 17.4. The van der Waals surface area contributed by atoms with Crippen LogP contribution in [0.3, 0.4) is 0 Å². The lowest BCUT2D eigenvalue weighted by Gasteiger charge is -2.07. The number of aromatic nitrogens is 1. The van der Waals surface area contributed by atoms with Crippen molar-refractivity contribution in [3.8, 4) is 11.8 Å². The average Bonchev–Trinajstić information content (AvgIpc) is 3.21. The number of nitrogens with zero attached hydrogens (tertiary/aromatic N) is 2. The van der Waals surface area contributed by atoms with Crippen molar-refractivity contribution in [3.63, 3.8) is 0 Å². The summed E-state index contributed by atoms with van der Waals surface area (Å²) in [5.74, 6) is 0.389. The number of para-hydroxylation sites is 1. The maximum atomic E-state index is 12.3. The number of thiazole rings is 1. The molecule has 0 aliphatic rings. The Labute approximate surface area is 171 Å². The van der Waals surface area contributed by atoms with E-state index < -0.39 is 0 Å². The highest BCUT2D eigenvalue weighted by Crippen LogP contribution is 2.31. The molecule has 3 rings (SSSR count). The lowest BCUT2D eigenvalue weighted by molar-refractivity contribution is -0.111. The highest BCUT2D eigenvalue weighted by molar-refractivity contribution is 7.16. The molecule has 1 amide bonds. The molecular formula is C21H19N3O2S2. The molecule has 0 atom stereocenters. The molecule has 3 aromatic rings. The maximum Gasteiger partial charge on any atom is 0.249 e. The van der Waals surface area contributed by atoms with Gasteiger partial charge in [-0.15, -0.1) is 22.7 Å². The third kappa shape index (κ3) is 4.66. The van der Waals surface area contributed by atoms with Crippen LogP contribution in [0.2, 0.25) is 0 Å². The Bertz CT molecular complexity index is 1070. The number of nitrogens with one attached hydrogen (secondary N) is 1. The number of benzene rings is 1. The SMILES string of the molecule is Cc1nc(COc2ccccc2/C=C/C(=O)Nc2sc(C)c(C)c2C#N)cs1. The fraction of sp³-hybridized carbons (Fsp3) is 0.190. The number of nitriles is 1. The summed E-state index contributed by atoms with van der Waals surface area (Å²) in [4.78, 5) is 17.7. The van der Waals surface area contributed by atoms with E-state index in [0.717, 1.165) is 26.7 Å². The smallest absolute Gasteiger partial charge is 0.249 e. The van der Waals surface area contributed by atoms with Crippen molar-refractivity contribution in [3.05, 3.63) is 68.0 Å². The van der Waals surface area contributed by atoms with Gasteiger partial charge in [0.05, 0.1) is 16.3 Å². The van der Waals surface area contributed by atoms with Crippen molar-refractivity contribution >= 4 is 39.7 Å². The van der Waals surface area contributed by atoms with Gasteiger partial charge < -0.3 is 10.1 Å². The summed E-state index contributed by atoms with van der Waals surface area (Å²) in [5, 5.41) is 15.6. The summed E-state index contributed by atoms with van der Waals surface area (Å²) in [7, 11) is 0. The molecule has 0 fully saturated rings. The Morgan fingerprint density at radius 2 is 2.11 bits per heavy atom. The van der Waals surface area contributed by atoms with E-state index in [0.29, 0.717) is 22.9 Å². The number of ether oxygens (including phenoxy) is 1. The molecule has 7 heteroatoms. The number of amides is 1. The zero-order chi connectivity index (χ0) is 20.1. The Morgan fingerprint density at radius 1 is 1.32 bits per heavy atom. The second-order valence-corrected chi connectivity index (χ2v) is 8.39. The standard InChI is InChI=1S/C21H19N3O2S2/c1-13-14(2)28-21(18(13)10-22)24-20(25)9-8-16-6-4-5-7-19(16)26-11-17-12-27-15(3)23-17/h4-9,12H,11H2,1-3H3,(H,24,25)/b9-8+. The summed E-state index contributed by atoms with van der Waals surface area (Å²) in [6.07, 6.45) is 3.15. The van der Waals surface area contributed by atoms with Crippen LogP contribution in [0.25, 0.3) is 6.08 Å². The predicted molar refractivity (Wildman–Crippen MR) is 114 cm³/mol. The number of rotatable bonds is 6. The van der Waals surface area contributed by atoms with E-state index in [2.05, 4.69) is 16.4 Å². The first kappa shape index (κ1) is 19.8. The molecule has 0 spiro atoms. The van der Waals surface area contributed by atoms with Crippen LogP contribution in [0.15, 0.2) is 35.7 Å². The molecule has 0 unspecified atom stereocenters. The first-order valence-corrected chi connectivity index (χ1v) is 10.3. The van der Waals surface area contributed by atoms with Crippen LogP contribution < -0.4 is 10.1 Å². The average molecular weight is 410 g/mol. The first-order chi connectivity index (χ1) is 13.5. The van der Waals surface area contributed by atoms with E-state index in [1.165, 1.54) is 17.4 Å². The molecule has 1 N–H and O–H groups in total. The summed E-state index contributed by atoms with van der Waals surface area (Å²) in [6, 6.07) is 9.66. The molecule has 0 bridgehead atoms. The monoisotopic (exact) mass is 409 g/mol. The van der Waals surface area contributed by atoms with Crippen molar-refractivity contribution in [1.82, 2.24) is 4.98 Å². The predicted octanol–water partition coefficient (Wildman–Crippen LogP) is 5.23. The molecule has 0 aliphatic carbocycles. The number of hydrogen-bond donors (Lipinski definition) is 1. The van der Waals surface area contributed by atoms with E-state index in [9.17, 15) is 10.1 Å². The van der Waals surface area contributed by atoms with E-state index >= 15 is 0 Å². The van der Waals surface area contributed by atoms with Crippen LogP contribution in [0.4, 0.5) is 5.00 Å². The molecule has 2 heterocycles. The zero-order valence-electron chi connectivity index (χ0n) is 15.8. The van der Waals surface area contributed by atoms with E-state index in [4.69, 9.17) is 4.74 Å². The second-order valence-electron chi connectivity index (χ2n) is 6.11. The van der Waals surface area contributed by atoms with E-state index in [1.807, 2.05) is 50.4 Å². The van der Waals surface area contributed by atoms with Gasteiger partial charge in [0.15, 0.2) is 0 Å². The van der Waals surface area contributed by atoms with Gasteiger partial charge in [-0.3, -0.25) is 4.79 Å². The minimum absolute atomic E-state index is 0.289. The molecule has 0 aliphatic heterocycles. The molecule has 28 heavy (non-hydrogen) atoms. The van der Waals surface area contributed by atoms with Gasteiger partial charge in [0.25, 0.3) is 0 Å². The molecule has 0 saturated carbocycles. The molecule has 5 nitrogen and oxygen atoms in total. The highest BCUT2D eigenvalue weighted by atomic mass is 32.1. The fourth-order valence-corrected chi connectivity index (χ4v) is 4.16. The number of carbonyl (C=O) groups excluding carboxylic acids is 1. The second kappa shape index (κ2) is 8.83. The van der Waals surface area contributed by atoms with Gasteiger partial charge in [-0.2, -0.15) is 5.26 Å². The minimum Gasteiger partial charge on any atom is -0.487 e. The van der Waals surface area contributed by atoms with Crippen molar-refractivity contribution < 1.29 is 9.53 Å². The quantitative estimate of drug-likeness (QED) is 0.566. The van der Waals surface area contributed by atoms with Crippen LogP contribution in [0.5, 0.6) is 5.75 Å². The fourth-order valence-electron chi connectivity index (χ4n) is 2.54. The van der Waals surface area contributed by atoms with Gasteiger partial charge in [0.1, 0.15) is 23.4 Å². The van der Waals surface area contributed by atoms with Gasteiger partial charge in [0.2, 0.25) is 5.91 Å². The number of hydrogen-bond acceptors (Lipinski definition) is 6. The van der Waals surface area contributed by atoms with Crippen molar-refractivity contribution in [2.45, 2.75) is 27.4 Å². The van der Waals surface area contributed by atoms with E-state index in [1.54, 1.807) is 17.4 Å². The maximum absolute atomic E-state index is 12.3. The molecule has 0 radical (unpaired) electrons. The minimum atomic E-state index is -0.289. The summed E-state index contributed by atoms with van der Waals surface area (Å²) >= 11 is 2.99. The highest BCUT2D eigenvalue weighted by Gasteiger charge is 2.13. The van der Waals surface area contributed by atoms with Crippen LogP contribution >= 0.6 is 22.7 Å². The van der Waals surface area contributed by atoms with Gasteiger partial charge in [-0.25, -0.2) is 4.98 Å². The van der Waals surface area contributed by atoms with Crippen LogP contribution in [-0.2, 0) is 11.4 Å². The summed E-state index contributed by atoms with van der Waals surface area (Å²) in [6.45, 7) is 6.15. The molecule has 1 aromatic carbocycles. The third-order valence-corrected chi connectivity index (χ3v) is 6.05. The Balaban J connectivity index is 1.69. The normalized spacial score (nSPS) is 10.8. The van der Waals surface area contributed by atoms with Crippen molar-refractivity contribution in [1.29, 1.82) is 5.26 Å². The van der Waals surface area contributed by atoms with Gasteiger partial charge in [-0.05, 0) is 38.5 Å². The number of carbonyl (C=O) groups is 1. The van der Waals surface area contributed by atoms with Crippen molar-refractivity contribution in [2.75, 3.05) is 5.32 Å². The molecule has 142 valence electrons. The van der Waals surface area contributed by atoms with E-state index in [-0.39, 0.29) is 5.91 Å². The topological polar surface area (TPSA) is 75.0 Å². The lowest BCUT2D eigenvalue weighted by Crippen LogP contribution is -2.07. The van der Waals surface area contributed by atoms with Gasteiger partial charge >= 0.3 is 0 Å². The lowest BCUT2D eigenvalue weighted by atomic mass is 10.2. The van der Waals surface area contributed by atoms with Crippen LogP contribution in [-0.4, -0.2) is 10.9 Å². The Hall–Kier alpha value is -2.95. The van der Waals surface area contributed by atoms with Gasteiger partial charge in [0, 0.05) is 21.9 Å². The number of thiophene rings is 1. The number of anilines is 1. The summed E-state index contributed by atoms with van der Waals surface area (Å²) in [5.41, 5.74) is 3.10. The van der Waals surface area contributed by atoms with Gasteiger partial charge in [-0.1, -0.05) is 18.2 Å². The Morgan fingerprint density at radius 3 is 2.82 bits per heavy atom. The molecular weight excluding hydrogens is 390 g/mol. The Kier molecular flexibility index (Phi) is 6.24.